The fraction of sp³-hybridized carbons (Fsp3) is 1.00. The van der Waals surface area contributed by atoms with Gasteiger partial charge in [-0.15, -0.1) is 7.92 Å². The minimum atomic E-state index is 0.448. The van der Waals surface area contributed by atoms with Gasteiger partial charge in [0.15, 0.2) is 0 Å². The van der Waals surface area contributed by atoms with Gasteiger partial charge in [0.25, 0.3) is 0 Å². The van der Waals surface area contributed by atoms with Crippen molar-refractivity contribution in [3.05, 3.63) is 0 Å². The van der Waals surface area contributed by atoms with Crippen LogP contribution in [0.25, 0.3) is 0 Å². The van der Waals surface area contributed by atoms with Gasteiger partial charge in [-0.05, 0) is 43.9 Å². The third kappa shape index (κ3) is 2.20. The van der Waals surface area contributed by atoms with Crippen LogP contribution < -0.4 is 5.32 Å². The van der Waals surface area contributed by atoms with Crippen LogP contribution in [0.15, 0.2) is 0 Å². The van der Waals surface area contributed by atoms with Crippen molar-refractivity contribution in [1.82, 2.24) is 5.32 Å². The molecule has 1 aliphatic carbocycles. The summed E-state index contributed by atoms with van der Waals surface area (Å²) in [6, 6.07) is 0. The predicted molar refractivity (Wildman–Crippen MR) is 56.4 cm³/mol. The van der Waals surface area contributed by atoms with Gasteiger partial charge in [-0.2, -0.15) is 0 Å². The average molecular weight is 185 g/mol. The Balaban J connectivity index is 1.80. The molecule has 12 heavy (non-hydrogen) atoms. The first kappa shape index (κ1) is 8.97. The van der Waals surface area contributed by atoms with Crippen molar-refractivity contribution in [2.75, 3.05) is 25.4 Å². The third-order valence-corrected chi connectivity index (χ3v) is 6.39. The molecule has 1 aliphatic heterocycles. The molecule has 0 aromatic rings. The largest absolute Gasteiger partial charge is 0.316 e. The highest BCUT2D eigenvalue weighted by atomic mass is 31.1. The summed E-state index contributed by atoms with van der Waals surface area (Å²) in [6.45, 7) is 2.62. The molecule has 0 spiro atoms. The summed E-state index contributed by atoms with van der Waals surface area (Å²) in [4.78, 5) is 0. The molecule has 0 radical (unpaired) electrons. The van der Waals surface area contributed by atoms with Crippen LogP contribution in [0.3, 0.4) is 0 Å². The molecule has 1 heterocycles. The lowest BCUT2D eigenvalue weighted by Crippen LogP contribution is -2.30. The first-order valence-electron chi connectivity index (χ1n) is 5.41. The summed E-state index contributed by atoms with van der Waals surface area (Å²) >= 11 is 0. The topological polar surface area (TPSA) is 12.0 Å². The molecule has 1 nitrogen and oxygen atoms in total. The van der Waals surface area contributed by atoms with E-state index in [1.54, 1.807) is 12.8 Å². The predicted octanol–water partition coefficient (Wildman–Crippen LogP) is 2.40. The van der Waals surface area contributed by atoms with Crippen molar-refractivity contribution < 1.29 is 0 Å². The smallest absolute Gasteiger partial charge is 0.000925 e. The molecule has 1 saturated carbocycles. The zero-order valence-electron chi connectivity index (χ0n) is 7.89. The van der Waals surface area contributed by atoms with E-state index >= 15 is 0 Å². The quantitative estimate of drug-likeness (QED) is 0.618. The van der Waals surface area contributed by atoms with Crippen molar-refractivity contribution in [1.29, 1.82) is 0 Å². The first-order chi connectivity index (χ1) is 5.97. The van der Waals surface area contributed by atoms with Gasteiger partial charge in [0, 0.05) is 0 Å². The van der Waals surface area contributed by atoms with Crippen LogP contribution in [0.5, 0.6) is 0 Å². The summed E-state index contributed by atoms with van der Waals surface area (Å²) in [7, 11) is 0.448. The molecule has 0 unspecified atom stereocenters. The van der Waals surface area contributed by atoms with Crippen molar-refractivity contribution >= 4 is 7.92 Å². The van der Waals surface area contributed by atoms with E-state index in [1.807, 2.05) is 0 Å². The Morgan fingerprint density at radius 1 is 0.917 bits per heavy atom. The van der Waals surface area contributed by atoms with Gasteiger partial charge >= 0.3 is 0 Å². The number of nitrogens with one attached hydrogen (secondary N) is 1. The zero-order valence-corrected chi connectivity index (χ0v) is 8.78. The summed E-state index contributed by atoms with van der Waals surface area (Å²) in [5, 5.41) is 3.47. The molecule has 0 atom stereocenters. The van der Waals surface area contributed by atoms with Crippen LogP contribution in [-0.2, 0) is 0 Å². The second-order valence-electron chi connectivity index (χ2n) is 4.08. The fourth-order valence-electron chi connectivity index (χ4n) is 2.49. The normalized spacial score (nSPS) is 29.0. The second-order valence-corrected chi connectivity index (χ2v) is 6.88. The summed E-state index contributed by atoms with van der Waals surface area (Å²) < 4.78 is 0. The van der Waals surface area contributed by atoms with E-state index in [-0.39, 0.29) is 0 Å². The molecule has 70 valence electrons. The second kappa shape index (κ2) is 4.58. The molecular weight excluding hydrogens is 165 g/mol. The van der Waals surface area contributed by atoms with E-state index < -0.39 is 0 Å². The van der Waals surface area contributed by atoms with Crippen molar-refractivity contribution in [2.45, 2.75) is 37.8 Å². The minimum absolute atomic E-state index is 0.448. The Morgan fingerprint density at radius 3 is 2.25 bits per heavy atom. The van der Waals surface area contributed by atoms with Gasteiger partial charge < -0.3 is 5.32 Å². The number of hydrogen-bond donors (Lipinski definition) is 1. The summed E-state index contributed by atoms with van der Waals surface area (Å²) in [6.07, 6.45) is 10.7. The monoisotopic (exact) mass is 185 g/mol. The Labute approximate surface area is 77.1 Å². The third-order valence-electron chi connectivity index (χ3n) is 3.24. The lowest BCUT2D eigenvalue weighted by atomic mass is 10.0. The molecular formula is C10H20NP. The van der Waals surface area contributed by atoms with Crippen LogP contribution in [0.2, 0.25) is 0 Å². The molecule has 0 bridgehead atoms. The zero-order chi connectivity index (χ0) is 8.23. The van der Waals surface area contributed by atoms with Gasteiger partial charge in [0.1, 0.15) is 0 Å². The van der Waals surface area contributed by atoms with Gasteiger partial charge in [-0.3, -0.25) is 0 Å². The standard InChI is InChI=1S/C10H20NP/c1-2-4-10(5-3-1)12-8-6-11-7-9-12/h10-11H,1-9H2. The summed E-state index contributed by atoms with van der Waals surface area (Å²) in [5.74, 6) is 0. The maximum atomic E-state index is 3.47. The van der Waals surface area contributed by atoms with Crippen molar-refractivity contribution in [3.8, 4) is 0 Å². The molecule has 1 saturated heterocycles. The Morgan fingerprint density at radius 2 is 1.58 bits per heavy atom. The lowest BCUT2D eigenvalue weighted by molar-refractivity contribution is 0.508. The van der Waals surface area contributed by atoms with Crippen LogP contribution in [0.4, 0.5) is 0 Å². The fourth-order valence-corrected chi connectivity index (χ4v) is 5.43. The van der Waals surface area contributed by atoms with E-state index in [4.69, 9.17) is 0 Å². The highest BCUT2D eigenvalue weighted by Gasteiger charge is 2.23. The molecule has 2 heteroatoms. The highest BCUT2D eigenvalue weighted by Crippen LogP contribution is 2.47. The van der Waals surface area contributed by atoms with Crippen LogP contribution >= 0.6 is 7.92 Å². The SMILES string of the molecule is C1CCC(P2CCNCC2)CC1. The average Bonchev–Trinajstić information content (AvgIpc) is 2.21. The molecule has 1 N–H and O–H groups in total. The van der Waals surface area contributed by atoms with Gasteiger partial charge in [-0.1, -0.05) is 19.3 Å². The van der Waals surface area contributed by atoms with E-state index in [0.717, 1.165) is 5.66 Å². The van der Waals surface area contributed by atoms with Gasteiger partial charge in [0.05, 0.1) is 0 Å². The maximum Gasteiger partial charge on any atom is -0.000925 e. The van der Waals surface area contributed by atoms with E-state index in [9.17, 15) is 0 Å². The molecule has 0 amide bonds. The van der Waals surface area contributed by atoms with Crippen LogP contribution in [-0.4, -0.2) is 31.1 Å². The van der Waals surface area contributed by atoms with Crippen molar-refractivity contribution in [2.24, 2.45) is 0 Å². The van der Waals surface area contributed by atoms with E-state index in [2.05, 4.69) is 5.32 Å². The van der Waals surface area contributed by atoms with Gasteiger partial charge in [0.2, 0.25) is 0 Å². The molecule has 2 rings (SSSR count). The molecule has 2 fully saturated rings. The Hall–Kier alpha value is 0.390. The lowest BCUT2D eigenvalue weighted by Gasteiger charge is -2.33. The first-order valence-corrected chi connectivity index (χ1v) is 7.20. The molecule has 0 aromatic carbocycles. The van der Waals surface area contributed by atoms with Crippen LogP contribution in [0, 0.1) is 0 Å². The van der Waals surface area contributed by atoms with Crippen LogP contribution in [0.1, 0.15) is 32.1 Å². The molecule has 2 aliphatic rings. The summed E-state index contributed by atoms with van der Waals surface area (Å²) in [5.41, 5.74) is 1.16. The van der Waals surface area contributed by atoms with Gasteiger partial charge in [-0.25, -0.2) is 0 Å². The highest BCUT2D eigenvalue weighted by molar-refractivity contribution is 7.58. The molecule has 0 aromatic heterocycles. The Kier molecular flexibility index (Phi) is 3.42. The maximum absolute atomic E-state index is 3.47. The minimum Gasteiger partial charge on any atom is -0.316 e. The van der Waals surface area contributed by atoms with E-state index in [1.165, 1.54) is 44.7 Å². The number of hydrogen-bond acceptors (Lipinski definition) is 1. The number of rotatable bonds is 1. The Bertz CT molecular complexity index is 110. The van der Waals surface area contributed by atoms with Crippen molar-refractivity contribution in [3.63, 3.8) is 0 Å². The van der Waals surface area contributed by atoms with E-state index in [0.29, 0.717) is 7.92 Å².